The molecular formula is C6H11NO4. The molecule has 0 aliphatic carbocycles. The van der Waals surface area contributed by atoms with Crippen molar-refractivity contribution in [3.8, 4) is 0 Å². The molecule has 3 N–H and O–H groups in total. The summed E-state index contributed by atoms with van der Waals surface area (Å²) in [6.45, 7) is 2.22. The largest absolute Gasteiger partial charge is 0.480 e. The van der Waals surface area contributed by atoms with Crippen LogP contribution < -0.4 is 5.32 Å². The van der Waals surface area contributed by atoms with Crippen LogP contribution in [0.3, 0.4) is 0 Å². The van der Waals surface area contributed by atoms with E-state index in [1.165, 1.54) is 0 Å². The van der Waals surface area contributed by atoms with Crippen LogP contribution in [0.4, 0.5) is 0 Å². The first-order valence-electron chi connectivity index (χ1n) is 3.28. The Morgan fingerprint density at radius 3 is 2.09 bits per heavy atom. The number of nitrogens with one attached hydrogen (secondary N) is 1. The van der Waals surface area contributed by atoms with Gasteiger partial charge in [-0.05, 0) is 13.0 Å². The normalized spacial score (nSPS) is 10.0. The smallest absolute Gasteiger partial charge is 0.332 e. The van der Waals surface area contributed by atoms with Crippen molar-refractivity contribution in [1.29, 1.82) is 0 Å². The SMILES string of the molecule is CCCNC(C(=O)O)C(=O)O. The number of rotatable bonds is 5. The third-order valence-corrected chi connectivity index (χ3v) is 1.09. The first kappa shape index (κ1) is 9.90. The van der Waals surface area contributed by atoms with Crippen LogP contribution in [0.2, 0.25) is 0 Å². The molecule has 0 aliphatic heterocycles. The van der Waals surface area contributed by atoms with Gasteiger partial charge < -0.3 is 10.2 Å². The highest BCUT2D eigenvalue weighted by Gasteiger charge is 2.23. The van der Waals surface area contributed by atoms with E-state index in [-0.39, 0.29) is 0 Å². The van der Waals surface area contributed by atoms with Crippen LogP contribution in [0.5, 0.6) is 0 Å². The highest BCUT2D eigenvalue weighted by Crippen LogP contribution is 1.84. The molecule has 0 radical (unpaired) electrons. The summed E-state index contributed by atoms with van der Waals surface area (Å²) in [5, 5.41) is 19.0. The lowest BCUT2D eigenvalue weighted by atomic mass is 10.3. The van der Waals surface area contributed by atoms with Crippen LogP contribution in [0, 0.1) is 0 Å². The van der Waals surface area contributed by atoms with E-state index in [9.17, 15) is 9.59 Å². The van der Waals surface area contributed by atoms with Gasteiger partial charge in [0.05, 0.1) is 0 Å². The first-order chi connectivity index (χ1) is 5.09. The van der Waals surface area contributed by atoms with E-state index in [0.717, 1.165) is 0 Å². The third-order valence-electron chi connectivity index (χ3n) is 1.09. The second kappa shape index (κ2) is 4.68. The zero-order chi connectivity index (χ0) is 8.85. The second-order valence-electron chi connectivity index (χ2n) is 2.06. The Morgan fingerprint density at radius 1 is 1.36 bits per heavy atom. The topological polar surface area (TPSA) is 86.6 Å². The van der Waals surface area contributed by atoms with Crippen LogP contribution in [-0.4, -0.2) is 34.7 Å². The van der Waals surface area contributed by atoms with Crippen LogP contribution >= 0.6 is 0 Å². The van der Waals surface area contributed by atoms with Crippen molar-refractivity contribution in [2.45, 2.75) is 19.4 Å². The standard InChI is InChI=1S/C6H11NO4/c1-2-3-7-4(5(8)9)6(10)11/h4,7H,2-3H2,1H3,(H,8,9)(H,10,11). The van der Waals surface area contributed by atoms with Crippen molar-refractivity contribution in [2.75, 3.05) is 6.54 Å². The monoisotopic (exact) mass is 161 g/mol. The number of carboxylic acid groups (broad SMARTS) is 2. The molecule has 5 heteroatoms. The van der Waals surface area contributed by atoms with Gasteiger partial charge in [-0.2, -0.15) is 0 Å². The van der Waals surface area contributed by atoms with Crippen LogP contribution in [0.25, 0.3) is 0 Å². The Labute approximate surface area is 64.0 Å². The minimum Gasteiger partial charge on any atom is -0.480 e. The van der Waals surface area contributed by atoms with Crippen molar-refractivity contribution in [3.05, 3.63) is 0 Å². The summed E-state index contributed by atoms with van der Waals surface area (Å²) in [7, 11) is 0. The van der Waals surface area contributed by atoms with Crippen molar-refractivity contribution in [3.63, 3.8) is 0 Å². The molecule has 0 rings (SSSR count). The molecule has 0 amide bonds. The second-order valence-corrected chi connectivity index (χ2v) is 2.06. The lowest BCUT2D eigenvalue weighted by Gasteiger charge is -2.07. The number of hydrogen-bond donors (Lipinski definition) is 3. The van der Waals surface area contributed by atoms with Gasteiger partial charge in [-0.3, -0.25) is 5.32 Å². The molecule has 0 saturated carbocycles. The zero-order valence-corrected chi connectivity index (χ0v) is 6.20. The fraction of sp³-hybridized carbons (Fsp3) is 0.667. The fourth-order valence-corrected chi connectivity index (χ4v) is 0.569. The predicted molar refractivity (Wildman–Crippen MR) is 37.4 cm³/mol. The molecule has 0 saturated heterocycles. The highest BCUT2D eigenvalue weighted by molar-refractivity contribution is 5.97. The molecule has 0 atom stereocenters. The molecule has 0 unspecified atom stereocenters. The minimum atomic E-state index is -1.48. The number of carboxylic acids is 2. The van der Waals surface area contributed by atoms with Crippen molar-refractivity contribution < 1.29 is 19.8 Å². The third kappa shape index (κ3) is 3.57. The summed E-state index contributed by atoms with van der Waals surface area (Å²) >= 11 is 0. The molecule has 11 heavy (non-hydrogen) atoms. The lowest BCUT2D eigenvalue weighted by Crippen LogP contribution is -2.43. The Morgan fingerprint density at radius 2 is 1.82 bits per heavy atom. The number of hydrogen-bond acceptors (Lipinski definition) is 3. The van der Waals surface area contributed by atoms with Crippen molar-refractivity contribution in [1.82, 2.24) is 5.32 Å². The predicted octanol–water partition coefficient (Wildman–Crippen LogP) is -0.476. The molecular weight excluding hydrogens is 150 g/mol. The summed E-state index contributed by atoms with van der Waals surface area (Å²) < 4.78 is 0. The molecule has 0 bridgehead atoms. The number of aliphatic carboxylic acids is 2. The molecule has 0 aromatic heterocycles. The summed E-state index contributed by atoms with van der Waals surface area (Å²) in [6.07, 6.45) is 0.705. The van der Waals surface area contributed by atoms with Gasteiger partial charge in [-0.1, -0.05) is 6.92 Å². The Kier molecular flexibility index (Phi) is 4.21. The van der Waals surface area contributed by atoms with Gasteiger partial charge in [0.2, 0.25) is 6.04 Å². The Hall–Kier alpha value is -1.10. The maximum absolute atomic E-state index is 10.2. The van der Waals surface area contributed by atoms with E-state index >= 15 is 0 Å². The molecule has 64 valence electrons. The van der Waals surface area contributed by atoms with Crippen LogP contribution in [-0.2, 0) is 9.59 Å². The van der Waals surface area contributed by atoms with Gasteiger partial charge in [-0.25, -0.2) is 9.59 Å². The van der Waals surface area contributed by atoms with Gasteiger partial charge in [-0.15, -0.1) is 0 Å². The minimum absolute atomic E-state index is 0.392. The van der Waals surface area contributed by atoms with E-state index in [1.54, 1.807) is 0 Å². The van der Waals surface area contributed by atoms with Crippen molar-refractivity contribution >= 4 is 11.9 Å². The number of carbonyl (C=O) groups is 2. The van der Waals surface area contributed by atoms with Crippen LogP contribution in [0.15, 0.2) is 0 Å². The maximum atomic E-state index is 10.2. The molecule has 0 aromatic carbocycles. The van der Waals surface area contributed by atoms with Gasteiger partial charge in [0, 0.05) is 0 Å². The summed E-state index contributed by atoms with van der Waals surface area (Å²) in [5.41, 5.74) is 0. The van der Waals surface area contributed by atoms with Gasteiger partial charge in [0.1, 0.15) is 0 Å². The highest BCUT2D eigenvalue weighted by atomic mass is 16.4. The average Bonchev–Trinajstić information content (AvgIpc) is 1.87. The molecule has 5 nitrogen and oxygen atoms in total. The molecule has 0 spiro atoms. The average molecular weight is 161 g/mol. The summed E-state index contributed by atoms with van der Waals surface area (Å²) in [4.78, 5) is 20.4. The zero-order valence-electron chi connectivity index (χ0n) is 6.20. The van der Waals surface area contributed by atoms with Gasteiger partial charge >= 0.3 is 11.9 Å². The van der Waals surface area contributed by atoms with E-state index in [2.05, 4.69) is 5.32 Å². The fourth-order valence-electron chi connectivity index (χ4n) is 0.569. The van der Waals surface area contributed by atoms with E-state index in [1.807, 2.05) is 6.92 Å². The van der Waals surface area contributed by atoms with E-state index in [0.29, 0.717) is 13.0 Å². The molecule has 0 fully saturated rings. The summed E-state index contributed by atoms with van der Waals surface area (Å²) in [6, 6.07) is -1.48. The molecule has 0 heterocycles. The Balaban J connectivity index is 3.90. The first-order valence-corrected chi connectivity index (χ1v) is 3.28. The van der Waals surface area contributed by atoms with E-state index in [4.69, 9.17) is 10.2 Å². The quantitative estimate of drug-likeness (QED) is 0.474. The maximum Gasteiger partial charge on any atom is 0.332 e. The van der Waals surface area contributed by atoms with Gasteiger partial charge in [0.15, 0.2) is 0 Å². The Bertz CT molecular complexity index is 143. The van der Waals surface area contributed by atoms with Crippen LogP contribution in [0.1, 0.15) is 13.3 Å². The molecule has 0 aliphatic rings. The van der Waals surface area contributed by atoms with E-state index < -0.39 is 18.0 Å². The summed E-state index contributed by atoms with van der Waals surface area (Å²) in [5.74, 6) is -2.71. The lowest BCUT2D eigenvalue weighted by molar-refractivity contribution is -0.151. The van der Waals surface area contributed by atoms with Gasteiger partial charge in [0.25, 0.3) is 0 Å². The molecule has 0 aromatic rings. The van der Waals surface area contributed by atoms with Crippen molar-refractivity contribution in [2.24, 2.45) is 0 Å².